The molecule has 0 radical (unpaired) electrons. The normalized spacial score (nSPS) is 29.1. The van der Waals surface area contributed by atoms with E-state index in [9.17, 15) is 5.11 Å². The summed E-state index contributed by atoms with van der Waals surface area (Å²) < 4.78 is 0. The zero-order valence-corrected chi connectivity index (χ0v) is 13.7. The van der Waals surface area contributed by atoms with Crippen LogP contribution >= 0.6 is 11.8 Å². The average molecular weight is 299 g/mol. The van der Waals surface area contributed by atoms with Crippen LogP contribution in [0.5, 0.6) is 0 Å². The second-order valence-electron chi connectivity index (χ2n) is 6.28. The van der Waals surface area contributed by atoms with Crippen LogP contribution in [0.25, 0.3) is 0 Å². The van der Waals surface area contributed by atoms with E-state index >= 15 is 0 Å². The van der Waals surface area contributed by atoms with E-state index < -0.39 is 5.60 Å². The molecule has 4 nitrogen and oxygen atoms in total. The molecule has 1 saturated carbocycles. The van der Waals surface area contributed by atoms with Crippen molar-refractivity contribution in [2.75, 3.05) is 31.1 Å². The summed E-state index contributed by atoms with van der Waals surface area (Å²) in [6, 6.07) is 0. The van der Waals surface area contributed by atoms with Gasteiger partial charge in [0, 0.05) is 25.4 Å². The van der Waals surface area contributed by atoms with E-state index in [1.807, 2.05) is 11.8 Å². The molecule has 2 aliphatic rings. The number of aliphatic hydroxyl groups is 1. The van der Waals surface area contributed by atoms with Gasteiger partial charge in [-0.25, -0.2) is 0 Å². The van der Waals surface area contributed by atoms with Gasteiger partial charge in [0.15, 0.2) is 5.96 Å². The van der Waals surface area contributed by atoms with E-state index in [2.05, 4.69) is 24.5 Å². The summed E-state index contributed by atoms with van der Waals surface area (Å²) in [6.45, 7) is 6.72. The maximum absolute atomic E-state index is 10.4. The molecule has 0 aromatic heterocycles. The van der Waals surface area contributed by atoms with E-state index in [0.29, 0.717) is 12.0 Å². The van der Waals surface area contributed by atoms with Gasteiger partial charge in [-0.05, 0) is 43.8 Å². The smallest absolute Gasteiger partial charge is 0.191 e. The molecule has 116 valence electrons. The van der Waals surface area contributed by atoms with Gasteiger partial charge in [-0.2, -0.15) is 11.8 Å². The van der Waals surface area contributed by atoms with Crippen molar-refractivity contribution in [1.82, 2.24) is 10.6 Å². The molecule has 0 aromatic rings. The van der Waals surface area contributed by atoms with Crippen LogP contribution in [0, 0.1) is 5.41 Å². The highest BCUT2D eigenvalue weighted by Gasteiger charge is 2.35. The highest BCUT2D eigenvalue weighted by atomic mass is 32.2. The fourth-order valence-electron chi connectivity index (χ4n) is 2.87. The minimum atomic E-state index is -0.556. The molecule has 1 unspecified atom stereocenters. The Balaban J connectivity index is 1.85. The van der Waals surface area contributed by atoms with E-state index in [-0.39, 0.29) is 0 Å². The van der Waals surface area contributed by atoms with E-state index in [0.717, 1.165) is 37.0 Å². The lowest BCUT2D eigenvalue weighted by Gasteiger charge is -2.40. The molecule has 2 fully saturated rings. The molecule has 1 saturated heterocycles. The van der Waals surface area contributed by atoms with E-state index in [4.69, 9.17) is 4.99 Å². The minimum Gasteiger partial charge on any atom is -0.387 e. The molecule has 1 aliphatic heterocycles. The molecule has 1 aliphatic carbocycles. The van der Waals surface area contributed by atoms with Crippen molar-refractivity contribution < 1.29 is 5.11 Å². The molecule has 1 heterocycles. The fraction of sp³-hybridized carbons (Fsp3) is 0.933. The second-order valence-corrected chi connectivity index (χ2v) is 7.39. The van der Waals surface area contributed by atoms with Crippen molar-refractivity contribution in [2.45, 2.75) is 51.6 Å². The first-order valence-electron chi connectivity index (χ1n) is 7.94. The standard InChI is InChI=1S/C15H29N3OS/c1-3-14(6-5-7-14)10-17-13(16-4-2)18-11-15(19)8-9-20-12-15/h19H,3-12H2,1-2H3,(H2,16,17,18). The third-order valence-electron chi connectivity index (χ3n) is 4.75. The summed E-state index contributed by atoms with van der Waals surface area (Å²) in [7, 11) is 0. The molecular formula is C15H29N3OS. The molecule has 2 rings (SSSR count). The van der Waals surface area contributed by atoms with Gasteiger partial charge in [-0.15, -0.1) is 0 Å². The molecule has 5 heteroatoms. The molecule has 1 atom stereocenters. The highest BCUT2D eigenvalue weighted by Crippen LogP contribution is 2.43. The number of nitrogens with zero attached hydrogens (tertiary/aromatic N) is 1. The van der Waals surface area contributed by atoms with Gasteiger partial charge in [0.25, 0.3) is 0 Å². The van der Waals surface area contributed by atoms with Crippen molar-refractivity contribution in [3.05, 3.63) is 0 Å². The van der Waals surface area contributed by atoms with Crippen molar-refractivity contribution in [3.63, 3.8) is 0 Å². The third-order valence-corrected chi connectivity index (χ3v) is 5.98. The van der Waals surface area contributed by atoms with Crippen LogP contribution in [0.4, 0.5) is 0 Å². The Morgan fingerprint density at radius 2 is 2.05 bits per heavy atom. The van der Waals surface area contributed by atoms with Crippen LogP contribution in [-0.2, 0) is 0 Å². The maximum Gasteiger partial charge on any atom is 0.191 e. The first-order valence-corrected chi connectivity index (χ1v) is 9.09. The summed E-state index contributed by atoms with van der Waals surface area (Å²) in [6.07, 6.45) is 6.07. The van der Waals surface area contributed by atoms with Crippen LogP contribution in [0.2, 0.25) is 0 Å². The van der Waals surface area contributed by atoms with Crippen LogP contribution < -0.4 is 10.6 Å². The third kappa shape index (κ3) is 4.04. The number of guanidine groups is 1. The minimum absolute atomic E-state index is 0.447. The lowest BCUT2D eigenvalue weighted by molar-refractivity contribution is 0.0723. The summed E-state index contributed by atoms with van der Waals surface area (Å²) in [5.41, 5.74) is -0.109. The number of rotatable bonds is 6. The topological polar surface area (TPSA) is 56.7 Å². The zero-order chi connectivity index (χ0) is 14.5. The Kier molecular flexibility index (Phi) is 5.61. The van der Waals surface area contributed by atoms with Crippen molar-refractivity contribution in [3.8, 4) is 0 Å². The van der Waals surface area contributed by atoms with Crippen LogP contribution in [-0.4, -0.2) is 47.8 Å². The maximum atomic E-state index is 10.4. The average Bonchev–Trinajstić information content (AvgIpc) is 2.82. The quantitative estimate of drug-likeness (QED) is 0.518. The summed E-state index contributed by atoms with van der Waals surface area (Å²) in [4.78, 5) is 4.75. The Hall–Kier alpha value is -0.420. The van der Waals surface area contributed by atoms with Gasteiger partial charge in [0.1, 0.15) is 0 Å². The van der Waals surface area contributed by atoms with Crippen molar-refractivity contribution >= 4 is 17.7 Å². The molecule has 0 aromatic carbocycles. The first kappa shape index (κ1) is 16.0. The lowest BCUT2D eigenvalue weighted by atomic mass is 9.67. The summed E-state index contributed by atoms with van der Waals surface area (Å²) >= 11 is 1.83. The largest absolute Gasteiger partial charge is 0.387 e. The molecule has 0 spiro atoms. The highest BCUT2D eigenvalue weighted by molar-refractivity contribution is 7.99. The Bertz CT molecular complexity index is 331. The molecular weight excluding hydrogens is 270 g/mol. The van der Waals surface area contributed by atoms with E-state index in [1.165, 1.54) is 25.7 Å². The van der Waals surface area contributed by atoms with Crippen molar-refractivity contribution in [2.24, 2.45) is 10.4 Å². The predicted octanol–water partition coefficient (Wildman–Crippen LogP) is 1.99. The van der Waals surface area contributed by atoms with Gasteiger partial charge >= 0.3 is 0 Å². The molecule has 3 N–H and O–H groups in total. The first-order chi connectivity index (χ1) is 9.61. The summed E-state index contributed by atoms with van der Waals surface area (Å²) in [5, 5.41) is 17.0. The molecule has 0 bridgehead atoms. The van der Waals surface area contributed by atoms with Crippen LogP contribution in [0.1, 0.15) is 46.0 Å². The van der Waals surface area contributed by atoms with Gasteiger partial charge in [0.2, 0.25) is 0 Å². The van der Waals surface area contributed by atoms with Gasteiger partial charge in [-0.3, -0.25) is 4.99 Å². The van der Waals surface area contributed by atoms with Crippen LogP contribution in [0.3, 0.4) is 0 Å². The van der Waals surface area contributed by atoms with Gasteiger partial charge in [0.05, 0.1) is 5.60 Å². The van der Waals surface area contributed by atoms with Crippen LogP contribution in [0.15, 0.2) is 4.99 Å². The Labute approximate surface area is 127 Å². The van der Waals surface area contributed by atoms with E-state index in [1.54, 1.807) is 0 Å². The zero-order valence-electron chi connectivity index (χ0n) is 12.9. The molecule has 0 amide bonds. The second kappa shape index (κ2) is 7.03. The number of aliphatic imine (C=N–C) groups is 1. The number of thioether (sulfide) groups is 1. The summed E-state index contributed by atoms with van der Waals surface area (Å²) in [5.74, 6) is 2.75. The number of hydrogen-bond acceptors (Lipinski definition) is 3. The SMILES string of the molecule is CCNC(=NCC1(CC)CCC1)NCC1(O)CCSC1. The monoisotopic (exact) mass is 299 g/mol. The fourth-order valence-corrected chi connectivity index (χ4v) is 4.17. The number of nitrogens with one attached hydrogen (secondary N) is 2. The van der Waals surface area contributed by atoms with Gasteiger partial charge < -0.3 is 15.7 Å². The predicted molar refractivity (Wildman–Crippen MR) is 87.4 cm³/mol. The lowest BCUT2D eigenvalue weighted by Crippen LogP contribution is -2.47. The Morgan fingerprint density at radius 1 is 1.25 bits per heavy atom. The van der Waals surface area contributed by atoms with Crippen molar-refractivity contribution in [1.29, 1.82) is 0 Å². The van der Waals surface area contributed by atoms with Gasteiger partial charge in [-0.1, -0.05) is 13.3 Å². The molecule has 20 heavy (non-hydrogen) atoms. The number of hydrogen-bond donors (Lipinski definition) is 3. The Morgan fingerprint density at radius 3 is 2.55 bits per heavy atom.